The molecule has 206 valence electrons. The SMILES string of the molecule is CNC(=O)CCC(C=O)N1Cc2c(cccc2N2CC3(CC(N4CCN(c5ccc(N)cc5)CC4)C3)C2)C1=O. The van der Waals surface area contributed by atoms with Gasteiger partial charge >= 0.3 is 0 Å². The molecule has 3 N–H and O–H groups in total. The Bertz CT molecular complexity index is 1240. The van der Waals surface area contributed by atoms with E-state index in [0.717, 1.165) is 62.5 Å². The number of piperazine rings is 1. The van der Waals surface area contributed by atoms with E-state index in [9.17, 15) is 14.4 Å². The summed E-state index contributed by atoms with van der Waals surface area (Å²) in [5, 5.41) is 2.58. The number of hydrogen-bond donors (Lipinski definition) is 2. The fourth-order valence-electron chi connectivity index (χ4n) is 7.02. The second kappa shape index (κ2) is 10.2. The van der Waals surface area contributed by atoms with Gasteiger partial charge in [0.05, 0.1) is 6.04 Å². The Labute approximate surface area is 229 Å². The smallest absolute Gasteiger partial charge is 0.255 e. The van der Waals surface area contributed by atoms with Crippen molar-refractivity contribution in [2.24, 2.45) is 5.41 Å². The van der Waals surface area contributed by atoms with Crippen molar-refractivity contribution in [3.05, 3.63) is 53.6 Å². The number of amides is 2. The van der Waals surface area contributed by atoms with Gasteiger partial charge in [-0.15, -0.1) is 0 Å². The summed E-state index contributed by atoms with van der Waals surface area (Å²) < 4.78 is 0. The highest BCUT2D eigenvalue weighted by atomic mass is 16.2. The first-order valence-corrected chi connectivity index (χ1v) is 14.1. The van der Waals surface area contributed by atoms with Gasteiger partial charge in [0.2, 0.25) is 5.91 Å². The van der Waals surface area contributed by atoms with Crippen molar-refractivity contribution in [2.45, 2.75) is 44.3 Å². The Morgan fingerprint density at radius 3 is 2.46 bits per heavy atom. The fourth-order valence-corrected chi connectivity index (χ4v) is 7.02. The third-order valence-corrected chi connectivity index (χ3v) is 9.29. The van der Waals surface area contributed by atoms with E-state index in [2.05, 4.69) is 38.2 Å². The number of rotatable bonds is 8. The minimum Gasteiger partial charge on any atom is -0.399 e. The number of aldehydes is 1. The first kappa shape index (κ1) is 25.7. The molecular formula is C30H38N6O3. The van der Waals surface area contributed by atoms with Gasteiger partial charge in [-0.25, -0.2) is 0 Å². The van der Waals surface area contributed by atoms with Gasteiger partial charge in [-0.2, -0.15) is 0 Å². The maximum atomic E-state index is 13.2. The zero-order chi connectivity index (χ0) is 27.1. The average Bonchev–Trinajstić information content (AvgIpc) is 3.25. The van der Waals surface area contributed by atoms with E-state index in [4.69, 9.17) is 5.73 Å². The molecule has 3 fully saturated rings. The monoisotopic (exact) mass is 530 g/mol. The lowest BCUT2D eigenvalue weighted by Gasteiger charge is -2.62. The van der Waals surface area contributed by atoms with Crippen LogP contribution in [0.15, 0.2) is 42.5 Å². The van der Waals surface area contributed by atoms with Gasteiger partial charge in [-0.05, 0) is 55.7 Å². The highest BCUT2D eigenvalue weighted by Crippen LogP contribution is 2.52. The quantitative estimate of drug-likeness (QED) is 0.398. The standard InChI is InChI=1S/C30H38N6O3/c1-32-28(38)10-9-23(18-37)36-17-26-25(29(36)39)3-2-4-27(26)35-19-30(20-35)15-24(16-30)34-13-11-33(12-14-34)22-7-5-21(31)6-8-22/h2-8,18,23-24H,9-17,19-20,31H2,1H3,(H,32,38). The molecule has 9 nitrogen and oxygen atoms in total. The first-order valence-electron chi connectivity index (χ1n) is 14.1. The molecule has 1 aliphatic carbocycles. The number of carbonyl (C=O) groups excluding carboxylic acids is 3. The molecule has 0 aromatic heterocycles. The lowest BCUT2D eigenvalue weighted by atomic mass is 9.60. The van der Waals surface area contributed by atoms with Gasteiger partial charge in [0.1, 0.15) is 6.29 Å². The molecule has 2 amide bonds. The van der Waals surface area contributed by atoms with Gasteiger partial charge in [-0.1, -0.05) is 6.07 Å². The average molecular weight is 531 g/mol. The normalized spacial score (nSPS) is 21.4. The van der Waals surface area contributed by atoms with Gasteiger partial charge in [-0.3, -0.25) is 14.5 Å². The molecule has 6 rings (SSSR count). The van der Waals surface area contributed by atoms with Crippen molar-refractivity contribution in [3.8, 4) is 0 Å². The Morgan fingerprint density at radius 2 is 1.79 bits per heavy atom. The molecule has 1 atom stereocenters. The van der Waals surface area contributed by atoms with Crippen LogP contribution in [-0.2, 0) is 16.1 Å². The topological polar surface area (TPSA) is 102 Å². The Balaban J connectivity index is 1.02. The summed E-state index contributed by atoms with van der Waals surface area (Å²) in [6, 6.07) is 14.2. The maximum absolute atomic E-state index is 13.2. The number of fused-ring (bicyclic) bond motifs is 1. The third kappa shape index (κ3) is 4.73. The van der Waals surface area contributed by atoms with E-state index in [1.807, 2.05) is 24.3 Å². The van der Waals surface area contributed by atoms with Crippen LogP contribution in [0.4, 0.5) is 17.1 Å². The molecule has 2 saturated heterocycles. The van der Waals surface area contributed by atoms with Crippen LogP contribution in [0.1, 0.15) is 41.6 Å². The maximum Gasteiger partial charge on any atom is 0.255 e. The minimum absolute atomic E-state index is 0.113. The molecule has 2 aromatic rings. The van der Waals surface area contributed by atoms with Crippen LogP contribution in [0, 0.1) is 5.41 Å². The Morgan fingerprint density at radius 1 is 1.08 bits per heavy atom. The molecule has 1 spiro atoms. The number of anilines is 3. The number of hydrogen-bond acceptors (Lipinski definition) is 7. The van der Waals surface area contributed by atoms with Gasteiger partial charge in [0, 0.05) is 98.9 Å². The van der Waals surface area contributed by atoms with Crippen molar-refractivity contribution in [1.82, 2.24) is 15.1 Å². The van der Waals surface area contributed by atoms with E-state index < -0.39 is 6.04 Å². The van der Waals surface area contributed by atoms with Crippen LogP contribution < -0.4 is 20.9 Å². The van der Waals surface area contributed by atoms with E-state index >= 15 is 0 Å². The lowest BCUT2D eigenvalue weighted by molar-refractivity contribution is -0.121. The van der Waals surface area contributed by atoms with Crippen LogP contribution in [0.3, 0.4) is 0 Å². The van der Waals surface area contributed by atoms with Gasteiger partial charge in [0.15, 0.2) is 0 Å². The molecule has 1 unspecified atom stereocenters. The lowest BCUT2D eigenvalue weighted by Crippen LogP contribution is -2.68. The van der Waals surface area contributed by atoms with Gasteiger partial charge in [0.25, 0.3) is 5.91 Å². The number of nitrogen functional groups attached to an aromatic ring is 1. The van der Waals surface area contributed by atoms with E-state index in [-0.39, 0.29) is 18.2 Å². The molecule has 9 heteroatoms. The van der Waals surface area contributed by atoms with Gasteiger partial charge < -0.3 is 30.5 Å². The summed E-state index contributed by atoms with van der Waals surface area (Å²) in [6.07, 6.45) is 3.82. The van der Waals surface area contributed by atoms with E-state index in [1.54, 1.807) is 11.9 Å². The second-order valence-corrected chi connectivity index (χ2v) is 11.7. The second-order valence-electron chi connectivity index (χ2n) is 11.7. The highest BCUT2D eigenvalue weighted by Gasteiger charge is 2.54. The first-order chi connectivity index (χ1) is 18.9. The molecule has 1 saturated carbocycles. The molecular weight excluding hydrogens is 492 g/mol. The minimum atomic E-state index is -0.592. The number of benzene rings is 2. The molecule has 39 heavy (non-hydrogen) atoms. The van der Waals surface area contributed by atoms with E-state index in [0.29, 0.717) is 30.0 Å². The summed E-state index contributed by atoms with van der Waals surface area (Å²) in [4.78, 5) is 45.8. The fraction of sp³-hybridized carbons (Fsp3) is 0.500. The summed E-state index contributed by atoms with van der Waals surface area (Å²) in [5.74, 6) is -0.238. The number of nitrogens with zero attached hydrogens (tertiary/aromatic N) is 4. The van der Waals surface area contributed by atoms with Crippen LogP contribution >= 0.6 is 0 Å². The van der Waals surface area contributed by atoms with E-state index in [1.165, 1.54) is 18.5 Å². The molecule has 4 aliphatic rings. The third-order valence-electron chi connectivity index (χ3n) is 9.29. The molecule has 3 heterocycles. The Kier molecular flexibility index (Phi) is 6.71. The van der Waals surface area contributed by atoms with Crippen LogP contribution in [0.5, 0.6) is 0 Å². The van der Waals surface area contributed by atoms with Crippen molar-refractivity contribution in [1.29, 1.82) is 0 Å². The predicted octanol–water partition coefficient (Wildman–Crippen LogP) is 2.11. The molecule has 2 aromatic carbocycles. The van der Waals surface area contributed by atoms with Crippen molar-refractivity contribution in [3.63, 3.8) is 0 Å². The predicted molar refractivity (Wildman–Crippen MR) is 152 cm³/mol. The molecule has 0 radical (unpaired) electrons. The number of nitrogens with one attached hydrogen (secondary N) is 1. The zero-order valence-electron chi connectivity index (χ0n) is 22.6. The summed E-state index contributed by atoms with van der Waals surface area (Å²) in [5.41, 5.74) is 11.1. The number of carbonyl (C=O) groups is 3. The largest absolute Gasteiger partial charge is 0.399 e. The number of nitrogens with two attached hydrogens (primary N) is 1. The summed E-state index contributed by atoms with van der Waals surface area (Å²) >= 11 is 0. The van der Waals surface area contributed by atoms with Crippen LogP contribution in [0.2, 0.25) is 0 Å². The van der Waals surface area contributed by atoms with Crippen LogP contribution in [0.25, 0.3) is 0 Å². The Hall–Kier alpha value is -3.59. The van der Waals surface area contributed by atoms with Crippen LogP contribution in [-0.4, -0.2) is 86.3 Å². The molecule has 3 aliphatic heterocycles. The summed E-state index contributed by atoms with van der Waals surface area (Å²) in [7, 11) is 1.58. The van der Waals surface area contributed by atoms with Crippen molar-refractivity contribution >= 4 is 35.2 Å². The highest BCUT2D eigenvalue weighted by molar-refractivity contribution is 6.01. The van der Waals surface area contributed by atoms with Crippen molar-refractivity contribution < 1.29 is 14.4 Å². The molecule has 0 bridgehead atoms. The van der Waals surface area contributed by atoms with Crippen molar-refractivity contribution in [2.75, 3.05) is 61.8 Å². The summed E-state index contributed by atoms with van der Waals surface area (Å²) in [6.45, 7) is 6.75. The zero-order valence-corrected chi connectivity index (χ0v) is 22.6.